The number of aliphatic hydroxyl groups is 1. The number of nitro benzene ring substituents is 1. The van der Waals surface area contributed by atoms with E-state index in [1.165, 1.54) is 12.1 Å². The molecule has 0 aromatic heterocycles. The van der Waals surface area contributed by atoms with E-state index in [4.69, 9.17) is 4.74 Å². The van der Waals surface area contributed by atoms with Crippen molar-refractivity contribution in [3.8, 4) is 0 Å². The SMILES string of the molecule is O=[N+]([O-])c1ccccc1C1(O)CCCO1. The Bertz CT molecular complexity index is 385. The molecule has 1 aromatic carbocycles. The minimum atomic E-state index is -1.48. The van der Waals surface area contributed by atoms with Crippen LogP contribution in [0.3, 0.4) is 0 Å². The Morgan fingerprint density at radius 1 is 1.47 bits per heavy atom. The van der Waals surface area contributed by atoms with E-state index in [0.29, 0.717) is 19.4 Å². The minimum absolute atomic E-state index is 0.0955. The molecule has 15 heavy (non-hydrogen) atoms. The van der Waals surface area contributed by atoms with Crippen molar-refractivity contribution in [3.63, 3.8) is 0 Å². The fourth-order valence-electron chi connectivity index (χ4n) is 1.80. The van der Waals surface area contributed by atoms with Crippen molar-refractivity contribution in [1.29, 1.82) is 0 Å². The van der Waals surface area contributed by atoms with Gasteiger partial charge in [0, 0.05) is 12.5 Å². The maximum absolute atomic E-state index is 10.8. The van der Waals surface area contributed by atoms with Crippen LogP contribution in [0.2, 0.25) is 0 Å². The Kier molecular flexibility index (Phi) is 2.42. The first-order valence-electron chi connectivity index (χ1n) is 4.74. The van der Waals surface area contributed by atoms with Crippen LogP contribution in [0, 0.1) is 10.1 Å². The second kappa shape index (κ2) is 3.60. The Morgan fingerprint density at radius 3 is 2.80 bits per heavy atom. The Hall–Kier alpha value is -1.46. The molecule has 0 radical (unpaired) electrons. The average Bonchev–Trinajstić information content (AvgIpc) is 2.66. The smallest absolute Gasteiger partial charge is 0.277 e. The summed E-state index contributed by atoms with van der Waals surface area (Å²) >= 11 is 0. The number of hydrogen-bond donors (Lipinski definition) is 1. The highest BCUT2D eigenvalue weighted by Crippen LogP contribution is 2.37. The van der Waals surface area contributed by atoms with Crippen LogP contribution >= 0.6 is 0 Å². The first-order valence-corrected chi connectivity index (χ1v) is 4.74. The van der Waals surface area contributed by atoms with E-state index in [-0.39, 0.29) is 11.3 Å². The topological polar surface area (TPSA) is 72.6 Å². The van der Waals surface area contributed by atoms with E-state index in [1.54, 1.807) is 12.1 Å². The standard InChI is InChI=1S/C10H11NO4/c12-10(6-3-7-15-10)8-4-1-2-5-9(8)11(13)14/h1-2,4-5,12H,3,6-7H2. The molecule has 1 saturated heterocycles. The van der Waals surface area contributed by atoms with E-state index in [1.807, 2.05) is 0 Å². The predicted octanol–water partition coefficient (Wildman–Crippen LogP) is 1.55. The van der Waals surface area contributed by atoms with Crippen molar-refractivity contribution in [3.05, 3.63) is 39.9 Å². The van der Waals surface area contributed by atoms with Gasteiger partial charge in [0.05, 0.1) is 17.1 Å². The summed E-state index contributed by atoms with van der Waals surface area (Å²) in [5.74, 6) is -1.48. The molecule has 0 bridgehead atoms. The van der Waals surface area contributed by atoms with Crippen LogP contribution in [0.25, 0.3) is 0 Å². The van der Waals surface area contributed by atoms with Crippen molar-refractivity contribution < 1.29 is 14.8 Å². The van der Waals surface area contributed by atoms with E-state index in [2.05, 4.69) is 0 Å². The second-order valence-corrected chi connectivity index (χ2v) is 3.51. The quantitative estimate of drug-likeness (QED) is 0.592. The van der Waals surface area contributed by atoms with Crippen LogP contribution in [-0.4, -0.2) is 16.6 Å². The van der Waals surface area contributed by atoms with Crippen molar-refractivity contribution in [2.45, 2.75) is 18.6 Å². The van der Waals surface area contributed by atoms with Crippen molar-refractivity contribution in [2.75, 3.05) is 6.61 Å². The van der Waals surface area contributed by atoms with Crippen LogP contribution in [0.5, 0.6) is 0 Å². The van der Waals surface area contributed by atoms with Gasteiger partial charge in [0.25, 0.3) is 5.69 Å². The van der Waals surface area contributed by atoms with Crippen molar-refractivity contribution >= 4 is 5.69 Å². The van der Waals surface area contributed by atoms with Crippen LogP contribution in [0.1, 0.15) is 18.4 Å². The highest BCUT2D eigenvalue weighted by Gasteiger charge is 2.39. The van der Waals surface area contributed by atoms with Crippen molar-refractivity contribution in [2.24, 2.45) is 0 Å². The van der Waals surface area contributed by atoms with Crippen LogP contribution in [0.4, 0.5) is 5.69 Å². The summed E-state index contributed by atoms with van der Waals surface area (Å²) in [6.07, 6.45) is 1.11. The lowest BCUT2D eigenvalue weighted by Crippen LogP contribution is -2.24. The van der Waals surface area contributed by atoms with Crippen LogP contribution in [-0.2, 0) is 10.5 Å². The number of nitro groups is 1. The van der Waals surface area contributed by atoms with Gasteiger partial charge in [-0.25, -0.2) is 0 Å². The molecule has 2 rings (SSSR count). The normalized spacial score (nSPS) is 25.4. The second-order valence-electron chi connectivity index (χ2n) is 3.51. The number of benzene rings is 1. The maximum atomic E-state index is 10.8. The largest absolute Gasteiger partial charge is 0.362 e. The molecule has 1 aromatic rings. The molecule has 1 heterocycles. The van der Waals surface area contributed by atoms with Crippen LogP contribution < -0.4 is 0 Å². The molecule has 0 saturated carbocycles. The number of para-hydroxylation sites is 1. The molecule has 0 spiro atoms. The number of rotatable bonds is 2. The van der Waals surface area contributed by atoms with Gasteiger partial charge in [-0.1, -0.05) is 12.1 Å². The minimum Gasteiger partial charge on any atom is -0.362 e. The summed E-state index contributed by atoms with van der Waals surface area (Å²) in [7, 11) is 0. The zero-order valence-electron chi connectivity index (χ0n) is 8.05. The van der Waals surface area contributed by atoms with Crippen LogP contribution in [0.15, 0.2) is 24.3 Å². The highest BCUT2D eigenvalue weighted by atomic mass is 16.6. The molecular formula is C10H11NO4. The number of ether oxygens (including phenoxy) is 1. The molecule has 80 valence electrons. The van der Waals surface area contributed by atoms with Crippen molar-refractivity contribution in [1.82, 2.24) is 0 Å². The number of hydrogen-bond acceptors (Lipinski definition) is 4. The highest BCUT2D eigenvalue weighted by molar-refractivity contribution is 5.42. The van der Waals surface area contributed by atoms with E-state index in [0.717, 1.165) is 0 Å². The van der Waals surface area contributed by atoms with Gasteiger partial charge >= 0.3 is 0 Å². The summed E-state index contributed by atoms with van der Waals surface area (Å²) in [4.78, 5) is 10.3. The summed E-state index contributed by atoms with van der Waals surface area (Å²) in [6.45, 7) is 0.433. The van der Waals surface area contributed by atoms with Gasteiger partial charge in [0.1, 0.15) is 0 Å². The molecule has 1 fully saturated rings. The van der Waals surface area contributed by atoms with Gasteiger partial charge in [-0.05, 0) is 12.5 Å². The lowest BCUT2D eigenvalue weighted by molar-refractivity contribution is -0.388. The Morgan fingerprint density at radius 2 is 2.20 bits per heavy atom. The average molecular weight is 209 g/mol. The summed E-state index contributed by atoms with van der Waals surface area (Å²) in [5, 5.41) is 20.8. The molecule has 0 amide bonds. The van der Waals surface area contributed by atoms with E-state index < -0.39 is 10.7 Å². The van der Waals surface area contributed by atoms with Gasteiger partial charge in [-0.15, -0.1) is 0 Å². The zero-order chi connectivity index (χ0) is 10.9. The Labute approximate surface area is 86.4 Å². The fourth-order valence-corrected chi connectivity index (χ4v) is 1.80. The molecule has 0 aliphatic carbocycles. The molecule has 5 heteroatoms. The fraction of sp³-hybridized carbons (Fsp3) is 0.400. The third kappa shape index (κ3) is 1.71. The molecule has 5 nitrogen and oxygen atoms in total. The van der Waals surface area contributed by atoms with Gasteiger partial charge in [-0.2, -0.15) is 0 Å². The molecule has 1 atom stereocenters. The molecule has 1 aliphatic rings. The van der Waals surface area contributed by atoms with Gasteiger partial charge in [-0.3, -0.25) is 10.1 Å². The van der Waals surface area contributed by atoms with E-state index >= 15 is 0 Å². The molecular weight excluding hydrogens is 198 g/mol. The third-order valence-corrected chi connectivity index (χ3v) is 2.52. The number of nitrogens with zero attached hydrogens (tertiary/aromatic N) is 1. The van der Waals surface area contributed by atoms with Gasteiger partial charge in [0.2, 0.25) is 0 Å². The predicted molar refractivity (Wildman–Crippen MR) is 52.2 cm³/mol. The summed E-state index contributed by atoms with van der Waals surface area (Å²) in [5.41, 5.74) is 0.148. The Balaban J connectivity index is 2.47. The monoisotopic (exact) mass is 209 g/mol. The zero-order valence-corrected chi connectivity index (χ0v) is 8.05. The third-order valence-electron chi connectivity index (χ3n) is 2.52. The first kappa shape index (κ1) is 10.1. The lowest BCUT2D eigenvalue weighted by atomic mass is 10.0. The molecule has 1 aliphatic heterocycles. The first-order chi connectivity index (χ1) is 7.13. The summed E-state index contributed by atoms with van der Waals surface area (Å²) in [6, 6.07) is 6.13. The van der Waals surface area contributed by atoms with Gasteiger partial charge in [0.15, 0.2) is 5.79 Å². The van der Waals surface area contributed by atoms with Gasteiger partial charge < -0.3 is 9.84 Å². The lowest BCUT2D eigenvalue weighted by Gasteiger charge is -2.21. The molecule has 1 N–H and O–H groups in total. The summed E-state index contributed by atoms with van der Waals surface area (Å²) < 4.78 is 5.17. The van der Waals surface area contributed by atoms with E-state index in [9.17, 15) is 15.2 Å². The molecule has 1 unspecified atom stereocenters. The maximum Gasteiger partial charge on any atom is 0.277 e.